The van der Waals surface area contributed by atoms with E-state index in [9.17, 15) is 4.79 Å². The Morgan fingerprint density at radius 3 is 2.30 bits per heavy atom. The maximum absolute atomic E-state index is 12.4. The highest BCUT2D eigenvalue weighted by molar-refractivity contribution is 9.10. The molecular formula is C16H13BrO3. The fourth-order valence-electron chi connectivity index (χ4n) is 2.19. The van der Waals surface area contributed by atoms with Crippen LogP contribution >= 0.6 is 15.9 Å². The molecule has 2 aromatic heterocycles. The van der Waals surface area contributed by atoms with E-state index in [1.807, 2.05) is 32.9 Å². The number of halogens is 1. The maximum Gasteiger partial charge on any atom is 0.263 e. The number of benzene rings is 1. The monoisotopic (exact) mass is 332 g/mol. The van der Waals surface area contributed by atoms with E-state index in [0.29, 0.717) is 16.2 Å². The highest BCUT2D eigenvalue weighted by Crippen LogP contribution is 2.27. The van der Waals surface area contributed by atoms with Crippen LogP contribution in [0.2, 0.25) is 0 Å². The quantitative estimate of drug-likeness (QED) is 0.624. The minimum absolute atomic E-state index is 0.236. The van der Waals surface area contributed by atoms with Gasteiger partial charge in [0.25, 0.3) is 5.78 Å². The van der Waals surface area contributed by atoms with Gasteiger partial charge in [0, 0.05) is 10.9 Å². The number of carbonyl (C=O) groups is 1. The van der Waals surface area contributed by atoms with Gasteiger partial charge in [-0.2, -0.15) is 0 Å². The van der Waals surface area contributed by atoms with Gasteiger partial charge in [-0.15, -0.1) is 0 Å². The number of ketones is 1. The molecule has 0 saturated carbocycles. The van der Waals surface area contributed by atoms with Crippen molar-refractivity contribution in [2.45, 2.75) is 20.8 Å². The fraction of sp³-hybridized carbons (Fsp3) is 0.188. The molecule has 1 aromatic carbocycles. The molecule has 0 N–H and O–H groups in total. The Bertz CT molecular complexity index is 785. The van der Waals surface area contributed by atoms with Crippen LogP contribution in [0.4, 0.5) is 0 Å². The fourth-order valence-corrected chi connectivity index (χ4v) is 2.70. The van der Waals surface area contributed by atoms with Gasteiger partial charge >= 0.3 is 0 Å². The lowest BCUT2D eigenvalue weighted by Gasteiger charge is -1.97. The van der Waals surface area contributed by atoms with Crippen LogP contribution < -0.4 is 0 Å². The molecule has 20 heavy (non-hydrogen) atoms. The Hall–Kier alpha value is -1.81. The van der Waals surface area contributed by atoms with Crippen LogP contribution in [0.25, 0.3) is 11.0 Å². The predicted molar refractivity (Wildman–Crippen MR) is 80.3 cm³/mol. The first-order valence-electron chi connectivity index (χ1n) is 6.27. The molecule has 0 atom stereocenters. The number of carbonyl (C=O) groups excluding carboxylic acids is 1. The Kier molecular flexibility index (Phi) is 3.05. The first-order chi connectivity index (χ1) is 9.45. The molecule has 0 radical (unpaired) electrons. The Balaban J connectivity index is 2.10. The summed E-state index contributed by atoms with van der Waals surface area (Å²) in [7, 11) is 0. The molecule has 0 bridgehead atoms. The lowest BCUT2D eigenvalue weighted by molar-refractivity contribution is 0.0983. The zero-order valence-electron chi connectivity index (χ0n) is 11.4. The van der Waals surface area contributed by atoms with Gasteiger partial charge in [0.1, 0.15) is 5.58 Å². The van der Waals surface area contributed by atoms with E-state index in [1.165, 1.54) is 5.56 Å². The third-order valence-corrected chi connectivity index (χ3v) is 3.84. The number of hydrogen-bond donors (Lipinski definition) is 0. The van der Waals surface area contributed by atoms with E-state index in [2.05, 4.69) is 15.9 Å². The molecule has 0 aliphatic rings. The van der Waals surface area contributed by atoms with Crippen molar-refractivity contribution in [3.63, 3.8) is 0 Å². The average molecular weight is 333 g/mol. The summed E-state index contributed by atoms with van der Waals surface area (Å²) < 4.78 is 11.6. The van der Waals surface area contributed by atoms with Gasteiger partial charge in [-0.3, -0.25) is 4.79 Å². The van der Waals surface area contributed by atoms with Crippen molar-refractivity contribution in [3.05, 3.63) is 57.1 Å². The van der Waals surface area contributed by atoms with Crippen molar-refractivity contribution in [3.8, 4) is 0 Å². The molecule has 0 unspecified atom stereocenters. The molecule has 3 nitrogen and oxygen atoms in total. The summed E-state index contributed by atoms with van der Waals surface area (Å²) in [6.07, 6.45) is 0. The van der Waals surface area contributed by atoms with Crippen LogP contribution in [-0.4, -0.2) is 5.78 Å². The number of aryl methyl sites for hydroxylation is 3. The van der Waals surface area contributed by atoms with Crippen LogP contribution in [0.15, 0.2) is 37.8 Å². The second kappa shape index (κ2) is 4.63. The Labute approximate surface area is 124 Å². The summed E-state index contributed by atoms with van der Waals surface area (Å²) in [6, 6.07) is 7.51. The lowest BCUT2D eigenvalue weighted by atomic mass is 10.1. The second-order valence-electron chi connectivity index (χ2n) is 4.98. The molecular weight excluding hydrogens is 320 g/mol. The van der Waals surface area contributed by atoms with Crippen LogP contribution in [0, 0.1) is 20.8 Å². The summed E-state index contributed by atoms with van der Waals surface area (Å²) in [5.74, 6) is 0.374. The zero-order chi connectivity index (χ0) is 14.4. The summed E-state index contributed by atoms with van der Waals surface area (Å²) in [6.45, 7) is 5.89. The highest BCUT2D eigenvalue weighted by Gasteiger charge is 2.21. The topological polar surface area (TPSA) is 43.4 Å². The van der Waals surface area contributed by atoms with E-state index in [1.54, 1.807) is 12.1 Å². The molecule has 0 aliphatic heterocycles. The number of rotatable bonds is 2. The number of furan rings is 2. The van der Waals surface area contributed by atoms with Gasteiger partial charge in [-0.25, -0.2) is 0 Å². The van der Waals surface area contributed by atoms with Crippen molar-refractivity contribution in [2.75, 3.05) is 0 Å². The van der Waals surface area contributed by atoms with Gasteiger partial charge < -0.3 is 8.83 Å². The molecule has 102 valence electrons. The standard InChI is InChI=1S/C16H13BrO3/c1-8-4-11-7-13(19-12(11)5-9(8)2)15(18)16-10(3)6-14(17)20-16/h4-7H,1-3H3. The third kappa shape index (κ3) is 2.10. The summed E-state index contributed by atoms with van der Waals surface area (Å²) >= 11 is 3.23. The van der Waals surface area contributed by atoms with Gasteiger partial charge in [0.05, 0.1) is 0 Å². The van der Waals surface area contributed by atoms with Crippen LogP contribution in [0.5, 0.6) is 0 Å². The summed E-state index contributed by atoms with van der Waals surface area (Å²) in [5, 5.41) is 0.930. The second-order valence-corrected chi connectivity index (χ2v) is 5.76. The average Bonchev–Trinajstić information content (AvgIpc) is 2.92. The van der Waals surface area contributed by atoms with E-state index >= 15 is 0 Å². The highest BCUT2D eigenvalue weighted by atomic mass is 79.9. The summed E-state index contributed by atoms with van der Waals surface area (Å²) in [5.41, 5.74) is 3.83. The first kappa shape index (κ1) is 13.2. The van der Waals surface area contributed by atoms with Crippen LogP contribution in [-0.2, 0) is 0 Å². The Morgan fingerprint density at radius 1 is 0.950 bits per heavy atom. The molecule has 4 heteroatoms. The summed E-state index contributed by atoms with van der Waals surface area (Å²) in [4.78, 5) is 12.4. The molecule has 0 amide bonds. The molecule has 0 aliphatic carbocycles. The van der Waals surface area contributed by atoms with Crippen molar-refractivity contribution in [1.82, 2.24) is 0 Å². The van der Waals surface area contributed by atoms with E-state index in [4.69, 9.17) is 8.83 Å². The molecule has 3 rings (SSSR count). The lowest BCUT2D eigenvalue weighted by Crippen LogP contribution is -1.99. The smallest absolute Gasteiger partial charge is 0.263 e. The number of hydrogen-bond acceptors (Lipinski definition) is 3. The maximum atomic E-state index is 12.4. The van der Waals surface area contributed by atoms with Crippen molar-refractivity contribution >= 4 is 32.7 Å². The van der Waals surface area contributed by atoms with Crippen molar-refractivity contribution in [1.29, 1.82) is 0 Å². The van der Waals surface area contributed by atoms with Gasteiger partial charge in [0.2, 0.25) is 0 Å². The van der Waals surface area contributed by atoms with Gasteiger partial charge in [0.15, 0.2) is 16.2 Å². The minimum Gasteiger partial charge on any atom is -0.452 e. The van der Waals surface area contributed by atoms with E-state index in [-0.39, 0.29) is 5.78 Å². The molecule has 2 heterocycles. The van der Waals surface area contributed by atoms with Crippen molar-refractivity contribution in [2.24, 2.45) is 0 Å². The Morgan fingerprint density at radius 2 is 1.65 bits per heavy atom. The van der Waals surface area contributed by atoms with E-state index in [0.717, 1.165) is 22.1 Å². The normalized spacial score (nSPS) is 11.2. The van der Waals surface area contributed by atoms with Gasteiger partial charge in [-0.1, -0.05) is 0 Å². The first-order valence-corrected chi connectivity index (χ1v) is 7.06. The van der Waals surface area contributed by atoms with Crippen LogP contribution in [0.3, 0.4) is 0 Å². The SMILES string of the molecule is Cc1cc2cc(C(=O)c3oc(Br)cc3C)oc2cc1C. The zero-order valence-corrected chi connectivity index (χ0v) is 13.0. The minimum atomic E-state index is -0.236. The molecule has 3 aromatic rings. The third-order valence-electron chi connectivity index (χ3n) is 3.45. The molecule has 0 spiro atoms. The molecule has 0 saturated heterocycles. The number of fused-ring (bicyclic) bond motifs is 1. The molecule has 0 fully saturated rings. The van der Waals surface area contributed by atoms with E-state index < -0.39 is 0 Å². The largest absolute Gasteiger partial charge is 0.452 e. The van der Waals surface area contributed by atoms with Crippen molar-refractivity contribution < 1.29 is 13.6 Å². The van der Waals surface area contributed by atoms with Crippen LogP contribution in [0.1, 0.15) is 33.0 Å². The van der Waals surface area contributed by atoms with Gasteiger partial charge in [-0.05, 0) is 72.1 Å². The predicted octanol–water partition coefficient (Wildman–Crippen LogP) is 4.94.